The Labute approximate surface area is 115 Å². The largest absolute Gasteiger partial charge is 0.380 e. The van der Waals surface area contributed by atoms with Crippen LogP contribution in [0.5, 0.6) is 0 Å². The van der Waals surface area contributed by atoms with Gasteiger partial charge in [0.15, 0.2) is 0 Å². The molecular formula is C12H10BrN3OS. The van der Waals surface area contributed by atoms with E-state index < -0.39 is 0 Å². The average Bonchev–Trinajstić information content (AvgIpc) is 2.90. The van der Waals surface area contributed by atoms with Gasteiger partial charge in [0.1, 0.15) is 0 Å². The van der Waals surface area contributed by atoms with E-state index in [1.807, 2.05) is 29.6 Å². The smallest absolute Gasteiger partial charge is 0.323 e. The highest BCUT2D eigenvalue weighted by atomic mass is 79.9. The zero-order chi connectivity index (χ0) is 12.5. The third-order valence-electron chi connectivity index (χ3n) is 2.66. The molecule has 92 valence electrons. The first kappa shape index (κ1) is 11.6. The molecular weight excluding hydrogens is 314 g/mol. The summed E-state index contributed by atoms with van der Waals surface area (Å²) in [6, 6.07) is 7.80. The van der Waals surface area contributed by atoms with Gasteiger partial charge < -0.3 is 15.3 Å². The van der Waals surface area contributed by atoms with Gasteiger partial charge in [0.05, 0.1) is 17.6 Å². The number of imidazole rings is 1. The number of hydrogen-bond donors (Lipinski definition) is 3. The van der Waals surface area contributed by atoms with Crippen molar-refractivity contribution in [2.75, 3.05) is 5.32 Å². The first-order chi connectivity index (χ1) is 8.72. The summed E-state index contributed by atoms with van der Waals surface area (Å²) in [5, 5.41) is 5.38. The Morgan fingerprint density at radius 2 is 2.06 bits per heavy atom. The Morgan fingerprint density at radius 3 is 2.83 bits per heavy atom. The number of fused-ring (bicyclic) bond motifs is 1. The number of anilines is 1. The van der Waals surface area contributed by atoms with Crippen molar-refractivity contribution in [3.05, 3.63) is 49.5 Å². The molecule has 0 saturated heterocycles. The van der Waals surface area contributed by atoms with E-state index in [4.69, 9.17) is 0 Å². The zero-order valence-corrected chi connectivity index (χ0v) is 11.7. The number of hydrogen-bond acceptors (Lipinski definition) is 3. The quantitative estimate of drug-likeness (QED) is 0.692. The number of nitrogens with one attached hydrogen (secondary N) is 3. The molecule has 0 atom stereocenters. The topological polar surface area (TPSA) is 60.7 Å². The first-order valence-electron chi connectivity index (χ1n) is 5.40. The van der Waals surface area contributed by atoms with E-state index in [0.717, 1.165) is 27.7 Å². The Bertz CT molecular complexity index is 743. The van der Waals surface area contributed by atoms with E-state index in [2.05, 4.69) is 31.2 Å². The number of H-pyrrole nitrogens is 2. The second-order valence-corrected chi connectivity index (χ2v) is 5.74. The van der Waals surface area contributed by atoms with E-state index in [1.54, 1.807) is 11.3 Å². The molecule has 0 fully saturated rings. The van der Waals surface area contributed by atoms with Crippen molar-refractivity contribution in [2.24, 2.45) is 0 Å². The second kappa shape index (κ2) is 4.62. The maximum Gasteiger partial charge on any atom is 0.323 e. The zero-order valence-electron chi connectivity index (χ0n) is 9.29. The highest BCUT2D eigenvalue weighted by Crippen LogP contribution is 2.24. The summed E-state index contributed by atoms with van der Waals surface area (Å²) in [7, 11) is 0. The lowest BCUT2D eigenvalue weighted by atomic mass is 10.2. The minimum Gasteiger partial charge on any atom is -0.380 e. The predicted octanol–water partition coefficient (Wildman–Crippen LogP) is 3.29. The molecule has 6 heteroatoms. The molecule has 0 aliphatic heterocycles. The minimum absolute atomic E-state index is 0.178. The minimum atomic E-state index is -0.178. The van der Waals surface area contributed by atoms with Crippen molar-refractivity contribution in [2.45, 2.75) is 6.54 Å². The molecule has 0 spiro atoms. The summed E-state index contributed by atoms with van der Waals surface area (Å²) in [6.07, 6.45) is 0. The van der Waals surface area contributed by atoms with Crippen LogP contribution in [0, 0.1) is 0 Å². The number of thiophene rings is 1. The molecule has 0 saturated carbocycles. The van der Waals surface area contributed by atoms with Gasteiger partial charge in [0.25, 0.3) is 0 Å². The number of rotatable bonds is 3. The van der Waals surface area contributed by atoms with Gasteiger partial charge in [-0.3, -0.25) is 0 Å². The molecule has 0 amide bonds. The van der Waals surface area contributed by atoms with E-state index in [1.165, 1.54) is 4.88 Å². The van der Waals surface area contributed by atoms with Gasteiger partial charge in [0.2, 0.25) is 0 Å². The van der Waals surface area contributed by atoms with Crippen LogP contribution in [0.1, 0.15) is 4.88 Å². The summed E-state index contributed by atoms with van der Waals surface area (Å²) in [6.45, 7) is 0.762. The van der Waals surface area contributed by atoms with Crippen LogP contribution in [-0.2, 0) is 6.54 Å². The van der Waals surface area contributed by atoms with Crippen LogP contribution in [-0.4, -0.2) is 9.97 Å². The third-order valence-corrected chi connectivity index (χ3v) is 4.59. The van der Waals surface area contributed by atoms with Gasteiger partial charge >= 0.3 is 5.69 Å². The number of aromatic amines is 2. The van der Waals surface area contributed by atoms with Crippen LogP contribution in [0.15, 0.2) is 38.9 Å². The molecule has 1 aromatic carbocycles. The molecule has 0 bridgehead atoms. The van der Waals surface area contributed by atoms with Crippen LogP contribution in [0.2, 0.25) is 0 Å². The molecule has 3 rings (SSSR count). The standard InChI is InChI=1S/C12H10BrN3OS/c13-8-3-4-18-11(8)6-14-7-1-2-9-10(5-7)16-12(17)15-9/h1-5,14H,6H2,(H2,15,16,17). The SMILES string of the molecule is O=c1[nH]c2ccc(NCc3sccc3Br)cc2[nH]1. The molecule has 2 aromatic heterocycles. The molecule has 0 unspecified atom stereocenters. The van der Waals surface area contributed by atoms with Gasteiger partial charge in [0, 0.05) is 15.0 Å². The Balaban J connectivity index is 1.82. The maximum atomic E-state index is 11.2. The summed E-state index contributed by atoms with van der Waals surface area (Å²) >= 11 is 5.20. The monoisotopic (exact) mass is 323 g/mol. The van der Waals surface area contributed by atoms with Crippen LogP contribution < -0.4 is 11.0 Å². The molecule has 0 aliphatic carbocycles. The molecule has 2 heterocycles. The van der Waals surface area contributed by atoms with E-state index in [9.17, 15) is 4.79 Å². The lowest BCUT2D eigenvalue weighted by Gasteiger charge is -2.05. The van der Waals surface area contributed by atoms with Gasteiger partial charge in [-0.25, -0.2) is 4.79 Å². The van der Waals surface area contributed by atoms with Crippen LogP contribution in [0.4, 0.5) is 5.69 Å². The van der Waals surface area contributed by atoms with E-state index >= 15 is 0 Å². The molecule has 4 nitrogen and oxygen atoms in total. The summed E-state index contributed by atoms with van der Waals surface area (Å²) in [5.74, 6) is 0. The third kappa shape index (κ3) is 2.21. The summed E-state index contributed by atoms with van der Waals surface area (Å²) < 4.78 is 1.12. The number of benzene rings is 1. The van der Waals surface area contributed by atoms with Gasteiger partial charge in [-0.15, -0.1) is 11.3 Å². The lowest BCUT2D eigenvalue weighted by molar-refractivity contribution is 1.18. The van der Waals surface area contributed by atoms with Crippen molar-refractivity contribution >= 4 is 44.0 Å². The Morgan fingerprint density at radius 1 is 1.22 bits per heavy atom. The van der Waals surface area contributed by atoms with Crippen molar-refractivity contribution in [3.8, 4) is 0 Å². The van der Waals surface area contributed by atoms with Crippen molar-refractivity contribution < 1.29 is 0 Å². The highest BCUT2D eigenvalue weighted by Gasteiger charge is 2.02. The fourth-order valence-corrected chi connectivity index (χ4v) is 3.21. The normalized spacial score (nSPS) is 10.9. The van der Waals surface area contributed by atoms with E-state index in [-0.39, 0.29) is 5.69 Å². The van der Waals surface area contributed by atoms with Crippen LogP contribution >= 0.6 is 27.3 Å². The summed E-state index contributed by atoms with van der Waals surface area (Å²) in [5.41, 5.74) is 2.44. The Kier molecular flexibility index (Phi) is 2.97. The van der Waals surface area contributed by atoms with Crippen LogP contribution in [0.3, 0.4) is 0 Å². The lowest BCUT2D eigenvalue weighted by Crippen LogP contribution is -1.99. The fraction of sp³-hybridized carbons (Fsp3) is 0.0833. The van der Waals surface area contributed by atoms with Gasteiger partial charge in [-0.2, -0.15) is 0 Å². The van der Waals surface area contributed by atoms with Crippen LogP contribution in [0.25, 0.3) is 11.0 Å². The van der Waals surface area contributed by atoms with Gasteiger partial charge in [-0.05, 0) is 45.6 Å². The first-order valence-corrected chi connectivity index (χ1v) is 7.07. The molecule has 3 aromatic rings. The molecule has 0 radical (unpaired) electrons. The average molecular weight is 324 g/mol. The van der Waals surface area contributed by atoms with E-state index in [0.29, 0.717) is 0 Å². The predicted molar refractivity (Wildman–Crippen MR) is 78.3 cm³/mol. The maximum absolute atomic E-state index is 11.2. The fourth-order valence-electron chi connectivity index (χ4n) is 1.78. The second-order valence-electron chi connectivity index (χ2n) is 3.88. The van der Waals surface area contributed by atoms with Crippen molar-refractivity contribution in [1.29, 1.82) is 0 Å². The molecule has 3 N–H and O–H groups in total. The Hall–Kier alpha value is -1.53. The van der Waals surface area contributed by atoms with Crippen molar-refractivity contribution in [3.63, 3.8) is 0 Å². The number of aromatic nitrogens is 2. The molecule has 18 heavy (non-hydrogen) atoms. The number of halogens is 1. The molecule has 0 aliphatic rings. The van der Waals surface area contributed by atoms with Crippen molar-refractivity contribution in [1.82, 2.24) is 9.97 Å². The highest BCUT2D eigenvalue weighted by molar-refractivity contribution is 9.10. The van der Waals surface area contributed by atoms with Gasteiger partial charge in [-0.1, -0.05) is 0 Å². The summed E-state index contributed by atoms with van der Waals surface area (Å²) in [4.78, 5) is 17.9.